The molecule has 0 unspecified atom stereocenters. The summed E-state index contributed by atoms with van der Waals surface area (Å²) in [4.78, 5) is 12.9. The maximum absolute atomic E-state index is 13.1. The SMILES string of the molecule is CC1(O)C=C([C@@H](O)c2ccc(F)cc2)C(=O)C([C@@H](O)c2ccc(F)cc2)=C1. The highest BCUT2D eigenvalue weighted by molar-refractivity contribution is 6.11. The maximum Gasteiger partial charge on any atom is 0.190 e. The predicted octanol–water partition coefficient (Wildman–Crippen LogP) is 2.92. The number of carbonyl (C=O) groups excluding carboxylic acids is 1. The molecule has 2 aromatic carbocycles. The molecule has 27 heavy (non-hydrogen) atoms. The van der Waals surface area contributed by atoms with Crippen molar-refractivity contribution in [2.45, 2.75) is 24.7 Å². The molecule has 0 amide bonds. The van der Waals surface area contributed by atoms with Crippen LogP contribution in [0.3, 0.4) is 0 Å². The van der Waals surface area contributed by atoms with E-state index in [1.807, 2.05) is 0 Å². The van der Waals surface area contributed by atoms with Gasteiger partial charge in [0.15, 0.2) is 5.78 Å². The number of benzene rings is 2. The average molecular weight is 372 g/mol. The van der Waals surface area contributed by atoms with Gasteiger partial charge < -0.3 is 15.3 Å². The lowest BCUT2D eigenvalue weighted by molar-refractivity contribution is -0.114. The second kappa shape index (κ2) is 7.15. The van der Waals surface area contributed by atoms with Gasteiger partial charge in [0.1, 0.15) is 23.8 Å². The van der Waals surface area contributed by atoms with Crippen molar-refractivity contribution in [3.05, 3.63) is 94.6 Å². The van der Waals surface area contributed by atoms with E-state index in [2.05, 4.69) is 0 Å². The number of hydrogen-bond donors (Lipinski definition) is 3. The van der Waals surface area contributed by atoms with Crippen LogP contribution in [0.2, 0.25) is 0 Å². The Morgan fingerprint density at radius 2 is 1.11 bits per heavy atom. The van der Waals surface area contributed by atoms with Crippen molar-refractivity contribution in [3.8, 4) is 0 Å². The van der Waals surface area contributed by atoms with E-state index in [0.717, 1.165) is 24.3 Å². The average Bonchev–Trinajstić information content (AvgIpc) is 2.63. The van der Waals surface area contributed by atoms with Crippen LogP contribution in [-0.2, 0) is 4.79 Å². The zero-order valence-electron chi connectivity index (χ0n) is 14.4. The number of aliphatic hydroxyl groups excluding tert-OH is 2. The number of rotatable bonds is 4. The van der Waals surface area contributed by atoms with Crippen LogP contribution >= 0.6 is 0 Å². The van der Waals surface area contributed by atoms with Crippen molar-refractivity contribution in [3.63, 3.8) is 0 Å². The Bertz CT molecular complexity index is 839. The van der Waals surface area contributed by atoms with E-state index in [4.69, 9.17) is 0 Å². The summed E-state index contributed by atoms with van der Waals surface area (Å²) in [7, 11) is 0. The highest BCUT2D eigenvalue weighted by Gasteiger charge is 2.35. The number of ketones is 1. The molecule has 140 valence electrons. The number of aliphatic hydroxyl groups is 3. The summed E-state index contributed by atoms with van der Waals surface area (Å²) in [5.74, 6) is -1.64. The molecule has 0 aromatic heterocycles. The fourth-order valence-corrected chi connectivity index (χ4v) is 3.02. The van der Waals surface area contributed by atoms with Crippen molar-refractivity contribution in [1.29, 1.82) is 0 Å². The number of hydrogen-bond acceptors (Lipinski definition) is 4. The van der Waals surface area contributed by atoms with Gasteiger partial charge in [-0.05, 0) is 54.5 Å². The minimum Gasteiger partial charge on any atom is -0.384 e. The lowest BCUT2D eigenvalue weighted by Gasteiger charge is -2.28. The number of carbonyl (C=O) groups is 1. The Morgan fingerprint density at radius 1 is 0.778 bits per heavy atom. The summed E-state index contributed by atoms with van der Waals surface area (Å²) < 4.78 is 26.2. The molecule has 1 aliphatic rings. The minimum atomic E-state index is -1.60. The first kappa shape index (κ1) is 19.1. The number of Topliss-reactive ketones (excluding diaryl/α,β-unsaturated/α-hetero) is 1. The molecular weight excluding hydrogens is 354 g/mol. The van der Waals surface area contributed by atoms with Gasteiger partial charge >= 0.3 is 0 Å². The highest BCUT2D eigenvalue weighted by Crippen LogP contribution is 2.36. The highest BCUT2D eigenvalue weighted by atomic mass is 19.1. The van der Waals surface area contributed by atoms with Gasteiger partial charge in [-0.15, -0.1) is 0 Å². The van der Waals surface area contributed by atoms with Gasteiger partial charge in [0.2, 0.25) is 0 Å². The second-order valence-electron chi connectivity index (χ2n) is 6.66. The van der Waals surface area contributed by atoms with Crippen LogP contribution in [0, 0.1) is 11.6 Å². The quantitative estimate of drug-likeness (QED) is 0.771. The molecule has 0 fully saturated rings. The molecule has 0 heterocycles. The van der Waals surface area contributed by atoms with E-state index >= 15 is 0 Å². The Kier molecular flexibility index (Phi) is 5.06. The van der Waals surface area contributed by atoms with Gasteiger partial charge in [-0.3, -0.25) is 4.79 Å². The lowest BCUT2D eigenvalue weighted by atomic mass is 9.81. The van der Waals surface area contributed by atoms with Gasteiger partial charge in [-0.25, -0.2) is 8.78 Å². The van der Waals surface area contributed by atoms with Gasteiger partial charge in [-0.1, -0.05) is 24.3 Å². The van der Waals surface area contributed by atoms with E-state index < -0.39 is 35.2 Å². The molecule has 0 saturated heterocycles. The van der Waals surface area contributed by atoms with Crippen LogP contribution in [0.15, 0.2) is 71.8 Å². The van der Waals surface area contributed by atoms with Crippen LogP contribution < -0.4 is 0 Å². The molecule has 0 radical (unpaired) electrons. The van der Waals surface area contributed by atoms with Crippen LogP contribution in [0.5, 0.6) is 0 Å². The Hall–Kier alpha value is -2.67. The monoisotopic (exact) mass is 372 g/mol. The molecule has 0 saturated carbocycles. The van der Waals surface area contributed by atoms with Crippen molar-refractivity contribution < 1.29 is 28.9 Å². The van der Waals surface area contributed by atoms with Crippen molar-refractivity contribution in [2.75, 3.05) is 0 Å². The van der Waals surface area contributed by atoms with Crippen molar-refractivity contribution in [1.82, 2.24) is 0 Å². The summed E-state index contributed by atoms with van der Waals surface area (Å²) in [5.41, 5.74) is -1.33. The van der Waals surface area contributed by atoms with Crippen LogP contribution in [0.25, 0.3) is 0 Å². The largest absolute Gasteiger partial charge is 0.384 e. The molecule has 6 heteroatoms. The third-order valence-corrected chi connectivity index (χ3v) is 4.38. The summed E-state index contributed by atoms with van der Waals surface area (Å²) in [6.45, 7) is 1.40. The van der Waals surface area contributed by atoms with E-state index in [1.165, 1.54) is 43.3 Å². The van der Waals surface area contributed by atoms with Crippen molar-refractivity contribution in [2.24, 2.45) is 0 Å². The fourth-order valence-electron chi connectivity index (χ4n) is 3.02. The Morgan fingerprint density at radius 3 is 1.44 bits per heavy atom. The standard InChI is InChI=1S/C21H18F2O4/c1-21(27)10-16(18(24)12-2-6-14(22)7-3-12)20(26)17(11-21)19(25)13-4-8-15(23)9-5-13/h2-11,18-19,24-25,27H,1H3/t18-,19-/m0/s1. The minimum absolute atomic E-state index is 0.134. The molecule has 3 rings (SSSR count). The summed E-state index contributed by atoms with van der Waals surface area (Å²) in [6, 6.07) is 9.91. The zero-order valence-corrected chi connectivity index (χ0v) is 14.4. The van der Waals surface area contributed by atoms with E-state index in [9.17, 15) is 28.9 Å². The zero-order chi connectivity index (χ0) is 19.8. The first-order valence-corrected chi connectivity index (χ1v) is 8.27. The predicted molar refractivity (Wildman–Crippen MR) is 94.5 cm³/mol. The molecule has 0 spiro atoms. The molecule has 2 aromatic rings. The molecule has 4 nitrogen and oxygen atoms in total. The third-order valence-electron chi connectivity index (χ3n) is 4.38. The van der Waals surface area contributed by atoms with Gasteiger partial charge in [0.25, 0.3) is 0 Å². The number of halogens is 2. The molecule has 2 atom stereocenters. The molecular formula is C21H18F2O4. The van der Waals surface area contributed by atoms with E-state index in [0.29, 0.717) is 0 Å². The summed E-state index contributed by atoms with van der Waals surface area (Å²) in [5, 5.41) is 31.6. The van der Waals surface area contributed by atoms with E-state index in [1.54, 1.807) is 0 Å². The maximum atomic E-state index is 13.1. The van der Waals surface area contributed by atoms with Gasteiger partial charge in [0, 0.05) is 11.1 Å². The normalized spacial score (nSPS) is 18.5. The first-order valence-electron chi connectivity index (χ1n) is 8.27. The molecule has 0 bridgehead atoms. The topological polar surface area (TPSA) is 77.8 Å². The molecule has 3 N–H and O–H groups in total. The van der Waals surface area contributed by atoms with E-state index in [-0.39, 0.29) is 22.3 Å². The smallest absolute Gasteiger partial charge is 0.190 e. The van der Waals surface area contributed by atoms with Crippen LogP contribution in [0.1, 0.15) is 30.3 Å². The lowest BCUT2D eigenvalue weighted by Crippen LogP contribution is -2.31. The Balaban J connectivity index is 1.96. The first-order chi connectivity index (χ1) is 12.7. The van der Waals surface area contributed by atoms with Crippen LogP contribution in [0.4, 0.5) is 8.78 Å². The summed E-state index contributed by atoms with van der Waals surface area (Å²) >= 11 is 0. The fraction of sp³-hybridized carbons (Fsp3) is 0.190. The molecule has 0 aliphatic heterocycles. The summed E-state index contributed by atoms with van der Waals surface area (Å²) in [6.07, 6.45) is -0.420. The second-order valence-corrected chi connectivity index (χ2v) is 6.66. The van der Waals surface area contributed by atoms with Gasteiger partial charge in [-0.2, -0.15) is 0 Å². The van der Waals surface area contributed by atoms with Crippen molar-refractivity contribution >= 4 is 5.78 Å². The molecule has 1 aliphatic carbocycles. The van der Waals surface area contributed by atoms with Gasteiger partial charge in [0.05, 0.1) is 5.60 Å². The third kappa shape index (κ3) is 4.03. The Labute approximate surface area is 154 Å². The van der Waals surface area contributed by atoms with Crippen LogP contribution in [-0.4, -0.2) is 26.7 Å².